The second-order valence-electron chi connectivity index (χ2n) is 4.67. The molecule has 0 amide bonds. The predicted molar refractivity (Wildman–Crippen MR) is 78.5 cm³/mol. The van der Waals surface area contributed by atoms with Gasteiger partial charge >= 0.3 is 6.18 Å². The molecule has 116 valence electrons. The van der Waals surface area contributed by atoms with Crippen LogP contribution in [0.15, 0.2) is 18.2 Å². The molecule has 1 saturated heterocycles. The highest BCUT2D eigenvalue weighted by Gasteiger charge is 2.36. The topological polar surface area (TPSA) is 17.1 Å². The van der Waals surface area contributed by atoms with Crippen LogP contribution < -0.4 is 0 Å². The van der Waals surface area contributed by atoms with Crippen LogP contribution in [0.2, 0.25) is 0 Å². The SMILES string of the molecule is CCC1SCCSC1C(=O)c1ccc(F)c(C(F)(F)F)c1. The first-order chi connectivity index (χ1) is 9.84. The third-order valence-electron chi connectivity index (χ3n) is 3.27. The summed E-state index contributed by atoms with van der Waals surface area (Å²) in [6, 6.07) is 2.49. The van der Waals surface area contributed by atoms with Gasteiger partial charge in [0.1, 0.15) is 5.82 Å². The Bertz CT molecular complexity index is 530. The molecule has 1 nitrogen and oxygen atoms in total. The van der Waals surface area contributed by atoms with Crippen LogP contribution in [0.3, 0.4) is 0 Å². The molecule has 2 unspecified atom stereocenters. The smallest absolute Gasteiger partial charge is 0.293 e. The van der Waals surface area contributed by atoms with E-state index < -0.39 is 17.6 Å². The maximum absolute atomic E-state index is 13.3. The van der Waals surface area contributed by atoms with Gasteiger partial charge < -0.3 is 0 Å². The van der Waals surface area contributed by atoms with E-state index in [0.717, 1.165) is 30.1 Å². The Hall–Kier alpha value is -0.690. The molecule has 1 heterocycles. The zero-order valence-electron chi connectivity index (χ0n) is 11.2. The summed E-state index contributed by atoms with van der Waals surface area (Å²) in [4.78, 5) is 12.4. The molecule has 2 rings (SSSR count). The van der Waals surface area contributed by atoms with E-state index >= 15 is 0 Å². The lowest BCUT2D eigenvalue weighted by Gasteiger charge is -2.28. The fraction of sp³-hybridized carbons (Fsp3) is 0.500. The van der Waals surface area contributed by atoms with E-state index in [1.165, 1.54) is 11.8 Å². The van der Waals surface area contributed by atoms with Gasteiger partial charge in [0.05, 0.1) is 10.8 Å². The van der Waals surface area contributed by atoms with E-state index in [4.69, 9.17) is 0 Å². The molecule has 21 heavy (non-hydrogen) atoms. The highest BCUT2D eigenvalue weighted by Crippen LogP contribution is 2.37. The van der Waals surface area contributed by atoms with Crippen LogP contribution in [-0.4, -0.2) is 27.8 Å². The number of thioether (sulfide) groups is 2. The van der Waals surface area contributed by atoms with Crippen molar-refractivity contribution in [3.63, 3.8) is 0 Å². The number of hydrogen-bond acceptors (Lipinski definition) is 3. The van der Waals surface area contributed by atoms with Crippen LogP contribution in [0.5, 0.6) is 0 Å². The van der Waals surface area contributed by atoms with Crippen molar-refractivity contribution in [2.24, 2.45) is 0 Å². The van der Waals surface area contributed by atoms with Crippen LogP contribution in [0.25, 0.3) is 0 Å². The lowest BCUT2D eigenvalue weighted by atomic mass is 10.0. The van der Waals surface area contributed by atoms with E-state index in [2.05, 4.69) is 0 Å². The Morgan fingerprint density at radius 1 is 1.29 bits per heavy atom. The summed E-state index contributed by atoms with van der Waals surface area (Å²) >= 11 is 3.14. The number of hydrogen-bond donors (Lipinski definition) is 0. The maximum Gasteiger partial charge on any atom is 0.419 e. The molecule has 7 heteroatoms. The maximum atomic E-state index is 13.3. The number of alkyl halides is 3. The van der Waals surface area contributed by atoms with E-state index in [-0.39, 0.29) is 21.8 Å². The zero-order chi connectivity index (χ0) is 15.6. The fourth-order valence-electron chi connectivity index (χ4n) is 2.21. The Kier molecular flexibility index (Phi) is 5.24. The normalized spacial score (nSPS) is 23.1. The molecule has 0 saturated carbocycles. The van der Waals surface area contributed by atoms with Crippen molar-refractivity contribution in [2.45, 2.75) is 30.0 Å². The third kappa shape index (κ3) is 3.74. The molecular weight excluding hydrogens is 324 g/mol. The first-order valence-corrected chi connectivity index (χ1v) is 8.58. The minimum atomic E-state index is -4.79. The molecule has 0 N–H and O–H groups in total. The van der Waals surface area contributed by atoms with Crippen LogP contribution in [0.4, 0.5) is 17.6 Å². The van der Waals surface area contributed by atoms with Gasteiger partial charge in [-0.3, -0.25) is 4.79 Å². The number of carbonyl (C=O) groups excluding carboxylic acids is 1. The summed E-state index contributed by atoms with van der Waals surface area (Å²) < 4.78 is 51.4. The summed E-state index contributed by atoms with van der Waals surface area (Å²) in [5.41, 5.74) is -1.45. The van der Waals surface area contributed by atoms with Crippen molar-refractivity contribution in [3.8, 4) is 0 Å². The molecule has 0 spiro atoms. The third-order valence-corrected chi connectivity index (χ3v) is 6.51. The van der Waals surface area contributed by atoms with Crippen molar-refractivity contribution in [1.82, 2.24) is 0 Å². The molecule has 0 aliphatic carbocycles. The fourth-order valence-corrected chi connectivity index (χ4v) is 5.23. The molecule has 1 aliphatic rings. The summed E-state index contributed by atoms with van der Waals surface area (Å²) in [5.74, 6) is 0.0380. The van der Waals surface area contributed by atoms with Gasteiger partial charge in [0, 0.05) is 22.3 Å². The van der Waals surface area contributed by atoms with Gasteiger partial charge in [-0.1, -0.05) is 6.92 Å². The van der Waals surface area contributed by atoms with Crippen molar-refractivity contribution in [1.29, 1.82) is 0 Å². The van der Waals surface area contributed by atoms with Crippen LogP contribution in [0.1, 0.15) is 29.3 Å². The Morgan fingerprint density at radius 2 is 1.95 bits per heavy atom. The first kappa shape index (κ1) is 16.7. The van der Waals surface area contributed by atoms with Crippen LogP contribution in [0, 0.1) is 5.82 Å². The van der Waals surface area contributed by atoms with Crippen molar-refractivity contribution in [3.05, 3.63) is 35.1 Å². The average molecular weight is 338 g/mol. The molecule has 1 aromatic rings. The molecule has 0 bridgehead atoms. The number of Topliss-reactive ketones (excluding diaryl/α,β-unsaturated/α-hetero) is 1. The van der Waals surface area contributed by atoms with Crippen molar-refractivity contribution < 1.29 is 22.4 Å². The van der Waals surface area contributed by atoms with Gasteiger partial charge in [0.2, 0.25) is 0 Å². The Labute approximate surface area is 128 Å². The monoisotopic (exact) mass is 338 g/mol. The zero-order valence-corrected chi connectivity index (χ0v) is 12.9. The Balaban J connectivity index is 2.31. The summed E-state index contributed by atoms with van der Waals surface area (Å²) in [5, 5.41) is -0.268. The van der Waals surface area contributed by atoms with Gasteiger partial charge in [-0.25, -0.2) is 4.39 Å². The number of benzene rings is 1. The molecule has 2 atom stereocenters. The molecule has 0 radical (unpaired) electrons. The van der Waals surface area contributed by atoms with E-state index in [9.17, 15) is 22.4 Å². The van der Waals surface area contributed by atoms with Crippen LogP contribution in [-0.2, 0) is 6.18 Å². The predicted octanol–water partition coefficient (Wildman–Crippen LogP) is 4.65. The van der Waals surface area contributed by atoms with Crippen molar-refractivity contribution in [2.75, 3.05) is 11.5 Å². The van der Waals surface area contributed by atoms with Crippen molar-refractivity contribution >= 4 is 29.3 Å². The minimum Gasteiger partial charge on any atom is -0.293 e. The van der Waals surface area contributed by atoms with Gasteiger partial charge in [0.25, 0.3) is 0 Å². The summed E-state index contributed by atoms with van der Waals surface area (Å²) in [6.45, 7) is 1.95. The minimum absolute atomic E-state index is 0.0674. The highest BCUT2D eigenvalue weighted by atomic mass is 32.2. The molecule has 1 fully saturated rings. The van der Waals surface area contributed by atoms with Crippen LogP contribution >= 0.6 is 23.5 Å². The number of halogens is 4. The molecule has 0 aromatic heterocycles. The summed E-state index contributed by atoms with van der Waals surface area (Å²) in [7, 11) is 0. The molecular formula is C14H14F4OS2. The van der Waals surface area contributed by atoms with E-state index in [0.29, 0.717) is 6.07 Å². The molecule has 1 aromatic carbocycles. The van der Waals surface area contributed by atoms with Gasteiger partial charge in [0.15, 0.2) is 5.78 Å². The average Bonchev–Trinajstić information content (AvgIpc) is 2.45. The van der Waals surface area contributed by atoms with Gasteiger partial charge in [-0.05, 0) is 24.6 Å². The lowest BCUT2D eigenvalue weighted by Crippen LogP contribution is -2.33. The second-order valence-corrected chi connectivity index (χ2v) is 7.26. The summed E-state index contributed by atoms with van der Waals surface area (Å²) in [6.07, 6.45) is -4.01. The molecule has 1 aliphatic heterocycles. The second kappa shape index (κ2) is 6.60. The number of rotatable bonds is 3. The van der Waals surface area contributed by atoms with Gasteiger partial charge in [-0.2, -0.15) is 24.9 Å². The highest BCUT2D eigenvalue weighted by molar-refractivity contribution is 8.07. The number of carbonyl (C=O) groups is 1. The first-order valence-electron chi connectivity index (χ1n) is 6.48. The number of ketones is 1. The van der Waals surface area contributed by atoms with Gasteiger partial charge in [-0.15, -0.1) is 11.8 Å². The standard InChI is InChI=1S/C14H14F4OS2/c1-2-11-13(21-6-5-20-11)12(19)8-3-4-10(15)9(7-8)14(16,17)18/h3-4,7,11,13H,2,5-6H2,1H3. The Morgan fingerprint density at radius 3 is 2.57 bits per heavy atom. The van der Waals surface area contributed by atoms with E-state index in [1.807, 2.05) is 6.92 Å². The lowest BCUT2D eigenvalue weighted by molar-refractivity contribution is -0.140. The quantitative estimate of drug-likeness (QED) is 0.590. The largest absolute Gasteiger partial charge is 0.419 e. The van der Waals surface area contributed by atoms with E-state index in [1.54, 1.807) is 11.8 Å².